The zero-order valence-electron chi connectivity index (χ0n) is 7.13. The Morgan fingerprint density at radius 1 is 1.45 bits per heavy atom. The summed E-state index contributed by atoms with van der Waals surface area (Å²) in [6.45, 7) is 5.84. The first-order valence-electron chi connectivity index (χ1n) is 3.61. The molecule has 3 N–H and O–H groups in total. The zero-order valence-corrected chi connectivity index (χ0v) is 7.13. The van der Waals surface area contributed by atoms with Gasteiger partial charge >= 0.3 is 0 Å². The molecular formula is C8H14N2O. The van der Waals surface area contributed by atoms with E-state index in [4.69, 9.17) is 10.8 Å². The van der Waals surface area contributed by atoms with E-state index in [0.29, 0.717) is 0 Å². The number of anilines is 1. The van der Waals surface area contributed by atoms with Crippen molar-refractivity contribution in [3.63, 3.8) is 0 Å². The van der Waals surface area contributed by atoms with E-state index in [2.05, 4.69) is 4.98 Å². The standard InChI is InChI=1S/C6H8N2O.C2H6/c1-4-2-5(9)6(7)8-3-4;1-2/h2-3,9H,1H3,(H2,7,8);1-2H3. The van der Waals surface area contributed by atoms with Crippen molar-refractivity contribution >= 4 is 5.82 Å². The van der Waals surface area contributed by atoms with Gasteiger partial charge in [0.15, 0.2) is 11.6 Å². The molecule has 3 nitrogen and oxygen atoms in total. The maximum absolute atomic E-state index is 8.91. The quantitative estimate of drug-likeness (QED) is 0.598. The van der Waals surface area contributed by atoms with Crippen LogP contribution in [0.25, 0.3) is 0 Å². The Morgan fingerprint density at radius 3 is 2.36 bits per heavy atom. The summed E-state index contributed by atoms with van der Waals surface area (Å²) in [5, 5.41) is 8.91. The first kappa shape index (κ1) is 9.75. The van der Waals surface area contributed by atoms with Gasteiger partial charge < -0.3 is 10.8 Å². The summed E-state index contributed by atoms with van der Waals surface area (Å²) in [5.41, 5.74) is 6.13. The van der Waals surface area contributed by atoms with Crippen LogP contribution in [0.5, 0.6) is 5.75 Å². The van der Waals surface area contributed by atoms with E-state index in [-0.39, 0.29) is 11.6 Å². The highest BCUT2D eigenvalue weighted by Crippen LogP contribution is 2.16. The number of nitrogens with zero attached hydrogens (tertiary/aromatic N) is 1. The van der Waals surface area contributed by atoms with Gasteiger partial charge in [-0.1, -0.05) is 13.8 Å². The van der Waals surface area contributed by atoms with Gasteiger partial charge in [-0.15, -0.1) is 0 Å². The summed E-state index contributed by atoms with van der Waals surface area (Å²) in [6.07, 6.45) is 1.61. The molecule has 0 fully saturated rings. The average molecular weight is 154 g/mol. The van der Waals surface area contributed by atoms with Crippen molar-refractivity contribution in [2.75, 3.05) is 5.73 Å². The van der Waals surface area contributed by atoms with Crippen LogP contribution in [-0.2, 0) is 0 Å². The van der Waals surface area contributed by atoms with Gasteiger partial charge in [0.25, 0.3) is 0 Å². The number of aryl methyl sites for hydroxylation is 1. The van der Waals surface area contributed by atoms with Crippen molar-refractivity contribution in [3.8, 4) is 5.75 Å². The van der Waals surface area contributed by atoms with E-state index in [1.54, 1.807) is 12.3 Å². The van der Waals surface area contributed by atoms with Crippen molar-refractivity contribution < 1.29 is 5.11 Å². The van der Waals surface area contributed by atoms with E-state index in [1.807, 2.05) is 20.8 Å². The highest BCUT2D eigenvalue weighted by Gasteiger charge is 1.94. The van der Waals surface area contributed by atoms with E-state index < -0.39 is 0 Å². The monoisotopic (exact) mass is 154 g/mol. The van der Waals surface area contributed by atoms with Gasteiger partial charge in [0.1, 0.15) is 0 Å². The van der Waals surface area contributed by atoms with Crippen LogP contribution in [0.1, 0.15) is 19.4 Å². The topological polar surface area (TPSA) is 59.1 Å². The Kier molecular flexibility index (Phi) is 4.03. The van der Waals surface area contributed by atoms with Crippen LogP contribution in [0.3, 0.4) is 0 Å². The molecule has 0 amide bonds. The normalized spacial score (nSPS) is 8.27. The Morgan fingerprint density at radius 2 is 2.00 bits per heavy atom. The van der Waals surface area contributed by atoms with E-state index in [9.17, 15) is 0 Å². The number of hydrogen-bond donors (Lipinski definition) is 2. The Bertz CT molecular complexity index is 223. The number of nitrogens with two attached hydrogens (primary N) is 1. The Balaban J connectivity index is 0.000000461. The van der Waals surface area contributed by atoms with Gasteiger partial charge in [-0.3, -0.25) is 0 Å². The zero-order chi connectivity index (χ0) is 8.85. The van der Waals surface area contributed by atoms with Crippen LogP contribution >= 0.6 is 0 Å². The molecule has 0 saturated carbocycles. The Labute approximate surface area is 66.9 Å². The SMILES string of the molecule is CC.Cc1cnc(N)c(O)c1. The predicted octanol–water partition coefficient (Wildman–Crippen LogP) is 1.70. The van der Waals surface area contributed by atoms with Crippen LogP contribution in [-0.4, -0.2) is 10.1 Å². The van der Waals surface area contributed by atoms with Crippen LogP contribution in [0.4, 0.5) is 5.82 Å². The predicted molar refractivity (Wildman–Crippen MR) is 46.4 cm³/mol. The molecule has 3 heteroatoms. The van der Waals surface area contributed by atoms with E-state index in [1.165, 1.54) is 0 Å². The molecule has 0 saturated heterocycles. The number of aromatic nitrogens is 1. The van der Waals surface area contributed by atoms with Crippen molar-refractivity contribution in [2.24, 2.45) is 0 Å². The minimum absolute atomic E-state index is 0.0509. The number of hydrogen-bond acceptors (Lipinski definition) is 3. The molecule has 1 aromatic heterocycles. The number of nitrogen functional groups attached to an aromatic ring is 1. The lowest BCUT2D eigenvalue weighted by molar-refractivity contribution is 0.475. The molecule has 1 heterocycles. The lowest BCUT2D eigenvalue weighted by Crippen LogP contribution is -1.89. The molecule has 0 spiro atoms. The lowest BCUT2D eigenvalue weighted by Gasteiger charge is -1.95. The number of pyridine rings is 1. The van der Waals surface area contributed by atoms with Crippen molar-refractivity contribution in [2.45, 2.75) is 20.8 Å². The van der Waals surface area contributed by atoms with Crippen LogP contribution in [0, 0.1) is 6.92 Å². The minimum Gasteiger partial charge on any atom is -0.504 e. The van der Waals surface area contributed by atoms with E-state index in [0.717, 1.165) is 5.56 Å². The van der Waals surface area contributed by atoms with Crippen molar-refractivity contribution in [1.82, 2.24) is 4.98 Å². The molecule has 0 aliphatic heterocycles. The third kappa shape index (κ3) is 2.89. The minimum atomic E-state index is 0.0509. The van der Waals surface area contributed by atoms with Crippen LogP contribution < -0.4 is 5.73 Å². The smallest absolute Gasteiger partial charge is 0.165 e. The van der Waals surface area contributed by atoms with Crippen molar-refractivity contribution in [3.05, 3.63) is 17.8 Å². The second kappa shape index (κ2) is 4.55. The molecule has 11 heavy (non-hydrogen) atoms. The Hall–Kier alpha value is -1.25. The van der Waals surface area contributed by atoms with Crippen LogP contribution in [0.2, 0.25) is 0 Å². The molecule has 0 aromatic carbocycles. The fourth-order valence-corrected chi connectivity index (χ4v) is 0.564. The molecule has 0 atom stereocenters. The molecule has 1 rings (SSSR count). The summed E-state index contributed by atoms with van der Waals surface area (Å²) in [4.78, 5) is 3.71. The third-order valence-corrected chi connectivity index (χ3v) is 1.03. The molecule has 0 radical (unpaired) electrons. The lowest BCUT2D eigenvalue weighted by atomic mass is 10.3. The summed E-state index contributed by atoms with van der Waals surface area (Å²) in [5.74, 6) is 0.232. The summed E-state index contributed by atoms with van der Waals surface area (Å²) in [6, 6.07) is 1.57. The second-order valence-corrected chi connectivity index (χ2v) is 1.92. The highest BCUT2D eigenvalue weighted by atomic mass is 16.3. The van der Waals surface area contributed by atoms with Gasteiger partial charge in [-0.05, 0) is 18.6 Å². The first-order valence-corrected chi connectivity index (χ1v) is 3.61. The van der Waals surface area contributed by atoms with Gasteiger partial charge in [0.2, 0.25) is 0 Å². The van der Waals surface area contributed by atoms with E-state index >= 15 is 0 Å². The van der Waals surface area contributed by atoms with Crippen molar-refractivity contribution in [1.29, 1.82) is 0 Å². The average Bonchev–Trinajstić information content (AvgIpc) is 2.02. The summed E-state index contributed by atoms with van der Waals surface area (Å²) in [7, 11) is 0. The maximum atomic E-state index is 8.91. The molecule has 1 aromatic rings. The van der Waals surface area contributed by atoms with Gasteiger partial charge in [0.05, 0.1) is 0 Å². The molecule has 62 valence electrons. The largest absolute Gasteiger partial charge is 0.504 e. The fraction of sp³-hybridized carbons (Fsp3) is 0.375. The number of rotatable bonds is 0. The molecule has 0 aliphatic rings. The van der Waals surface area contributed by atoms with Gasteiger partial charge in [-0.25, -0.2) is 4.98 Å². The number of aromatic hydroxyl groups is 1. The molecule has 0 aliphatic carbocycles. The maximum Gasteiger partial charge on any atom is 0.165 e. The van der Waals surface area contributed by atoms with Crippen LogP contribution in [0.15, 0.2) is 12.3 Å². The third-order valence-electron chi connectivity index (χ3n) is 1.03. The molecular weight excluding hydrogens is 140 g/mol. The van der Waals surface area contributed by atoms with Gasteiger partial charge in [0, 0.05) is 6.20 Å². The van der Waals surface area contributed by atoms with Gasteiger partial charge in [-0.2, -0.15) is 0 Å². The first-order chi connectivity index (χ1) is 5.20. The summed E-state index contributed by atoms with van der Waals surface area (Å²) >= 11 is 0. The highest BCUT2D eigenvalue weighted by molar-refractivity contribution is 5.45. The second-order valence-electron chi connectivity index (χ2n) is 1.92. The fourth-order valence-electron chi connectivity index (χ4n) is 0.564. The summed E-state index contributed by atoms with van der Waals surface area (Å²) < 4.78 is 0. The molecule has 0 bridgehead atoms. The molecule has 0 unspecified atom stereocenters.